The van der Waals surface area contributed by atoms with Gasteiger partial charge in [0.05, 0.1) is 6.61 Å². The van der Waals surface area contributed by atoms with E-state index in [1.807, 2.05) is 7.05 Å². The molecule has 0 fully saturated rings. The van der Waals surface area contributed by atoms with Gasteiger partial charge in [0.1, 0.15) is 0 Å². The van der Waals surface area contributed by atoms with Crippen LogP contribution < -0.4 is 0 Å². The van der Waals surface area contributed by atoms with Crippen molar-refractivity contribution >= 4 is 27.3 Å². The van der Waals surface area contributed by atoms with Crippen LogP contribution in [0.3, 0.4) is 0 Å². The minimum absolute atomic E-state index is 0.0633. The summed E-state index contributed by atoms with van der Waals surface area (Å²) >= 11 is 5.17. The van der Waals surface area contributed by atoms with E-state index in [-0.39, 0.29) is 19.3 Å². The van der Waals surface area contributed by atoms with E-state index in [1.54, 1.807) is 11.3 Å². The average Bonchev–Trinajstić information content (AvgIpc) is 2.68. The highest BCUT2D eigenvalue weighted by Gasteiger charge is 2.12. The number of hydrogen-bond donors (Lipinski definition) is 2. The molecule has 1 aromatic heterocycles. The third kappa shape index (κ3) is 4.51. The van der Waals surface area contributed by atoms with Gasteiger partial charge < -0.3 is 15.1 Å². The molecule has 1 heterocycles. The van der Waals surface area contributed by atoms with Gasteiger partial charge in [-0.3, -0.25) is 0 Å². The zero-order chi connectivity index (χ0) is 12.0. The summed E-state index contributed by atoms with van der Waals surface area (Å²) in [6, 6.07) is 2.19. The highest BCUT2D eigenvalue weighted by Crippen LogP contribution is 2.20. The molecule has 0 aliphatic carbocycles. The van der Waals surface area contributed by atoms with Gasteiger partial charge in [-0.25, -0.2) is 0 Å². The first kappa shape index (κ1) is 14.1. The Kier molecular flexibility index (Phi) is 6.53. The van der Waals surface area contributed by atoms with E-state index in [4.69, 9.17) is 5.11 Å². The van der Waals surface area contributed by atoms with Crippen molar-refractivity contribution in [2.45, 2.75) is 18.9 Å². The first-order valence-corrected chi connectivity index (χ1v) is 6.99. The van der Waals surface area contributed by atoms with Gasteiger partial charge in [-0.1, -0.05) is 0 Å². The highest BCUT2D eigenvalue weighted by atomic mass is 79.9. The second-order valence-corrected chi connectivity index (χ2v) is 5.72. The van der Waals surface area contributed by atoms with Crippen LogP contribution >= 0.6 is 27.3 Å². The molecule has 1 rings (SSSR count). The minimum atomic E-state index is 0.0633. The molecule has 1 unspecified atom stereocenters. The van der Waals surface area contributed by atoms with E-state index in [0.29, 0.717) is 6.42 Å². The molecule has 0 bridgehead atoms. The molecule has 1 aromatic rings. The van der Waals surface area contributed by atoms with Gasteiger partial charge in [-0.05, 0) is 41.9 Å². The third-order valence-electron chi connectivity index (χ3n) is 2.63. The SMILES string of the molecule is CN(CCc1cc(Br)cs1)C(CO)CCO. The Morgan fingerprint density at radius 2 is 2.25 bits per heavy atom. The van der Waals surface area contributed by atoms with Crippen LogP contribution in [0.5, 0.6) is 0 Å². The maximum Gasteiger partial charge on any atom is 0.0587 e. The lowest BCUT2D eigenvalue weighted by atomic mass is 10.2. The Balaban J connectivity index is 2.36. The van der Waals surface area contributed by atoms with E-state index < -0.39 is 0 Å². The zero-order valence-electron chi connectivity index (χ0n) is 9.40. The fourth-order valence-electron chi connectivity index (χ4n) is 1.55. The molecular weight excluding hydrogens is 290 g/mol. The van der Waals surface area contributed by atoms with Crippen molar-refractivity contribution < 1.29 is 10.2 Å². The summed E-state index contributed by atoms with van der Waals surface area (Å²) in [6.07, 6.45) is 1.61. The van der Waals surface area contributed by atoms with Gasteiger partial charge in [0.2, 0.25) is 0 Å². The average molecular weight is 308 g/mol. The second-order valence-electron chi connectivity index (χ2n) is 3.81. The Bertz CT molecular complexity index is 306. The summed E-state index contributed by atoms with van der Waals surface area (Å²) in [5.74, 6) is 0. The van der Waals surface area contributed by atoms with E-state index in [2.05, 4.69) is 32.3 Å². The largest absolute Gasteiger partial charge is 0.396 e. The quantitative estimate of drug-likeness (QED) is 0.806. The minimum Gasteiger partial charge on any atom is -0.396 e. The van der Waals surface area contributed by atoms with Crippen molar-refractivity contribution in [3.05, 3.63) is 20.8 Å². The summed E-state index contributed by atoms with van der Waals surface area (Å²) in [6.45, 7) is 1.13. The molecule has 0 aromatic carbocycles. The first-order chi connectivity index (χ1) is 7.67. The molecule has 3 nitrogen and oxygen atoms in total. The van der Waals surface area contributed by atoms with Crippen molar-refractivity contribution in [3.8, 4) is 0 Å². The maximum atomic E-state index is 9.17. The molecule has 0 aliphatic rings. The van der Waals surface area contributed by atoms with E-state index in [1.165, 1.54) is 4.88 Å². The van der Waals surface area contributed by atoms with E-state index in [0.717, 1.165) is 17.4 Å². The fraction of sp³-hybridized carbons (Fsp3) is 0.636. The van der Waals surface area contributed by atoms with E-state index >= 15 is 0 Å². The summed E-state index contributed by atoms with van der Waals surface area (Å²) < 4.78 is 1.13. The Morgan fingerprint density at radius 3 is 2.75 bits per heavy atom. The third-order valence-corrected chi connectivity index (χ3v) is 4.39. The summed E-state index contributed by atoms with van der Waals surface area (Å²) in [7, 11) is 1.99. The standard InChI is InChI=1S/C11H18BrNO2S/c1-13(10(7-15)3-5-14)4-2-11-6-9(12)8-16-11/h6,8,10,14-15H,2-5,7H2,1H3. The molecule has 0 amide bonds. The van der Waals surface area contributed by atoms with Crippen LogP contribution in [0.2, 0.25) is 0 Å². The number of likely N-dealkylation sites (N-methyl/N-ethyl adjacent to an activating group) is 1. The molecule has 1 atom stereocenters. The Labute approximate surface area is 109 Å². The number of nitrogens with zero attached hydrogens (tertiary/aromatic N) is 1. The molecular formula is C11H18BrNO2S. The smallest absolute Gasteiger partial charge is 0.0587 e. The van der Waals surface area contributed by atoms with Crippen LogP contribution in [0.1, 0.15) is 11.3 Å². The molecule has 0 saturated heterocycles. The molecule has 0 aliphatic heterocycles. The van der Waals surface area contributed by atoms with Crippen molar-refractivity contribution in [2.75, 3.05) is 26.8 Å². The molecule has 0 spiro atoms. The van der Waals surface area contributed by atoms with Gasteiger partial charge in [0.25, 0.3) is 0 Å². The lowest BCUT2D eigenvalue weighted by Gasteiger charge is -2.25. The van der Waals surface area contributed by atoms with Gasteiger partial charge in [-0.15, -0.1) is 11.3 Å². The molecule has 0 radical (unpaired) electrons. The van der Waals surface area contributed by atoms with Crippen molar-refractivity contribution in [1.82, 2.24) is 4.90 Å². The Hall–Kier alpha value is 0.0600. The van der Waals surface area contributed by atoms with Crippen LogP contribution in [0.15, 0.2) is 15.9 Å². The molecule has 2 N–H and O–H groups in total. The molecule has 92 valence electrons. The normalized spacial score (nSPS) is 13.3. The monoisotopic (exact) mass is 307 g/mol. The lowest BCUT2D eigenvalue weighted by molar-refractivity contribution is 0.121. The molecule has 0 saturated carbocycles. The highest BCUT2D eigenvalue weighted by molar-refractivity contribution is 9.10. The predicted octanol–water partition coefficient (Wildman–Crippen LogP) is 1.73. The van der Waals surface area contributed by atoms with Crippen molar-refractivity contribution in [1.29, 1.82) is 0 Å². The number of hydrogen-bond acceptors (Lipinski definition) is 4. The fourth-order valence-corrected chi connectivity index (χ4v) is 3.00. The first-order valence-electron chi connectivity index (χ1n) is 5.32. The van der Waals surface area contributed by atoms with Crippen LogP contribution in [-0.4, -0.2) is 48.0 Å². The van der Waals surface area contributed by atoms with Crippen LogP contribution in [0.25, 0.3) is 0 Å². The van der Waals surface area contributed by atoms with E-state index in [9.17, 15) is 5.11 Å². The topological polar surface area (TPSA) is 43.7 Å². The Morgan fingerprint density at radius 1 is 1.50 bits per heavy atom. The van der Waals surface area contributed by atoms with Gasteiger partial charge >= 0.3 is 0 Å². The second kappa shape index (κ2) is 7.40. The van der Waals surface area contributed by atoms with Gasteiger partial charge in [0, 0.05) is 33.9 Å². The molecule has 5 heteroatoms. The zero-order valence-corrected chi connectivity index (χ0v) is 11.8. The summed E-state index contributed by atoms with van der Waals surface area (Å²) in [5, 5.41) is 20.1. The van der Waals surface area contributed by atoms with Crippen molar-refractivity contribution in [3.63, 3.8) is 0 Å². The van der Waals surface area contributed by atoms with Gasteiger partial charge in [-0.2, -0.15) is 0 Å². The van der Waals surface area contributed by atoms with Crippen LogP contribution in [0, 0.1) is 0 Å². The predicted molar refractivity (Wildman–Crippen MR) is 70.9 cm³/mol. The lowest BCUT2D eigenvalue weighted by Crippen LogP contribution is -2.36. The number of aliphatic hydroxyl groups is 2. The number of rotatable bonds is 7. The van der Waals surface area contributed by atoms with Crippen molar-refractivity contribution in [2.24, 2.45) is 0 Å². The summed E-state index contributed by atoms with van der Waals surface area (Å²) in [5.41, 5.74) is 0. The van der Waals surface area contributed by atoms with Crippen LogP contribution in [0.4, 0.5) is 0 Å². The molecule has 16 heavy (non-hydrogen) atoms. The van der Waals surface area contributed by atoms with Crippen LogP contribution in [-0.2, 0) is 6.42 Å². The number of aliphatic hydroxyl groups excluding tert-OH is 2. The summed E-state index contributed by atoms with van der Waals surface area (Å²) in [4.78, 5) is 3.43. The number of halogens is 1. The maximum absolute atomic E-state index is 9.17. The number of thiophene rings is 1. The van der Waals surface area contributed by atoms with Gasteiger partial charge in [0.15, 0.2) is 0 Å².